The molecule has 1 N–H and O–H groups in total. The molecule has 0 saturated heterocycles. The van der Waals surface area contributed by atoms with Crippen molar-refractivity contribution in [3.8, 4) is 17.2 Å². The number of hydrogen-bond donors (Lipinski definition) is 1. The summed E-state index contributed by atoms with van der Waals surface area (Å²) < 4.78 is 18.9. The zero-order chi connectivity index (χ0) is 19.5. The van der Waals surface area contributed by atoms with Gasteiger partial charge in [-0.1, -0.05) is 30.3 Å². The maximum Gasteiger partial charge on any atom is 0.265 e. The summed E-state index contributed by atoms with van der Waals surface area (Å²) in [5.74, 6) is 2.27. The number of rotatable bonds is 5. The number of carbonyl (C=O) groups excluding carboxylic acids is 1. The molecule has 0 spiro atoms. The van der Waals surface area contributed by atoms with Gasteiger partial charge in [-0.15, -0.1) is 0 Å². The Morgan fingerprint density at radius 3 is 2.71 bits per heavy atom. The number of fused-ring (bicyclic) bond motifs is 1. The first-order chi connectivity index (χ1) is 13.7. The van der Waals surface area contributed by atoms with Crippen molar-refractivity contribution >= 4 is 5.91 Å². The largest absolute Gasteiger partial charge is 0.496 e. The molecule has 0 saturated carbocycles. The first-order valence-electron chi connectivity index (χ1n) is 8.96. The first-order valence-corrected chi connectivity index (χ1v) is 8.96. The molecule has 7 heteroatoms. The van der Waals surface area contributed by atoms with Crippen LogP contribution in [0.25, 0.3) is 0 Å². The predicted molar refractivity (Wildman–Crippen MR) is 103 cm³/mol. The van der Waals surface area contributed by atoms with Gasteiger partial charge in [-0.05, 0) is 18.2 Å². The minimum absolute atomic E-state index is 0.141. The summed E-state index contributed by atoms with van der Waals surface area (Å²) in [5.41, 5.74) is 0.810. The Bertz CT molecular complexity index is 985. The lowest BCUT2D eigenvalue weighted by atomic mass is 10.0. The highest BCUT2D eigenvalue weighted by atomic mass is 16.6. The SMILES string of the molecule is COc1ccccc1[C@H](NC(=O)[C@@H]1COc2ccccc2O1)c1nccn1C. The molecule has 2 atom stereocenters. The highest BCUT2D eigenvalue weighted by Crippen LogP contribution is 2.32. The van der Waals surface area contributed by atoms with E-state index in [2.05, 4.69) is 10.3 Å². The minimum Gasteiger partial charge on any atom is -0.496 e. The van der Waals surface area contributed by atoms with Gasteiger partial charge in [0.2, 0.25) is 6.10 Å². The Hall–Kier alpha value is -3.48. The van der Waals surface area contributed by atoms with Gasteiger partial charge in [0.1, 0.15) is 24.2 Å². The van der Waals surface area contributed by atoms with E-state index in [1.807, 2.05) is 60.3 Å². The number of carbonyl (C=O) groups is 1. The molecule has 1 aliphatic rings. The van der Waals surface area contributed by atoms with Crippen molar-refractivity contribution < 1.29 is 19.0 Å². The Balaban J connectivity index is 1.62. The van der Waals surface area contributed by atoms with Crippen LogP contribution in [-0.4, -0.2) is 35.3 Å². The average Bonchev–Trinajstić information content (AvgIpc) is 3.17. The molecule has 0 bridgehead atoms. The number of hydrogen-bond acceptors (Lipinski definition) is 5. The normalized spacial score (nSPS) is 16.3. The quantitative estimate of drug-likeness (QED) is 0.737. The number of imidazole rings is 1. The summed E-state index contributed by atoms with van der Waals surface area (Å²) in [6.07, 6.45) is 2.77. The third-order valence-corrected chi connectivity index (χ3v) is 4.65. The van der Waals surface area contributed by atoms with Gasteiger partial charge >= 0.3 is 0 Å². The molecule has 2 heterocycles. The summed E-state index contributed by atoms with van der Waals surface area (Å²) in [6.45, 7) is 0.141. The fraction of sp³-hybridized carbons (Fsp3) is 0.238. The van der Waals surface area contributed by atoms with Gasteiger partial charge in [0.05, 0.1) is 7.11 Å². The van der Waals surface area contributed by atoms with Crippen molar-refractivity contribution in [1.29, 1.82) is 0 Å². The van der Waals surface area contributed by atoms with Crippen LogP contribution in [-0.2, 0) is 11.8 Å². The number of amides is 1. The van der Waals surface area contributed by atoms with Gasteiger partial charge in [-0.2, -0.15) is 0 Å². The number of ether oxygens (including phenoxy) is 3. The van der Waals surface area contributed by atoms with E-state index in [0.29, 0.717) is 23.1 Å². The summed E-state index contributed by atoms with van der Waals surface area (Å²) in [7, 11) is 3.48. The lowest BCUT2D eigenvalue weighted by Gasteiger charge is -2.28. The molecule has 7 nitrogen and oxygen atoms in total. The second kappa shape index (κ2) is 7.64. The molecule has 0 aliphatic carbocycles. The van der Waals surface area contributed by atoms with Crippen molar-refractivity contribution in [3.63, 3.8) is 0 Å². The minimum atomic E-state index is -0.757. The molecule has 4 rings (SSSR count). The number of benzene rings is 2. The van der Waals surface area contributed by atoms with Gasteiger partial charge in [0, 0.05) is 25.0 Å². The number of aryl methyl sites for hydroxylation is 1. The molecule has 1 aliphatic heterocycles. The Morgan fingerprint density at radius 1 is 1.21 bits per heavy atom. The van der Waals surface area contributed by atoms with Gasteiger partial charge in [0.25, 0.3) is 5.91 Å². The average molecular weight is 379 g/mol. The van der Waals surface area contributed by atoms with Crippen LogP contribution in [0.4, 0.5) is 0 Å². The van der Waals surface area contributed by atoms with E-state index in [0.717, 1.165) is 5.56 Å². The maximum absolute atomic E-state index is 13.0. The third-order valence-electron chi connectivity index (χ3n) is 4.65. The van der Waals surface area contributed by atoms with Crippen LogP contribution in [0.1, 0.15) is 17.4 Å². The van der Waals surface area contributed by atoms with Crippen LogP contribution < -0.4 is 19.5 Å². The molecular formula is C21H21N3O4. The van der Waals surface area contributed by atoms with Crippen molar-refractivity contribution in [2.45, 2.75) is 12.1 Å². The second-order valence-corrected chi connectivity index (χ2v) is 6.44. The van der Waals surface area contributed by atoms with Crippen LogP contribution in [0.3, 0.4) is 0 Å². The summed E-state index contributed by atoms with van der Waals surface area (Å²) in [5, 5.41) is 3.04. The number of methoxy groups -OCH3 is 1. The summed E-state index contributed by atoms with van der Waals surface area (Å²) in [6, 6.07) is 14.4. The topological polar surface area (TPSA) is 74.6 Å². The van der Waals surface area contributed by atoms with E-state index in [9.17, 15) is 4.79 Å². The monoisotopic (exact) mass is 379 g/mol. The fourth-order valence-corrected chi connectivity index (χ4v) is 3.23. The van der Waals surface area contributed by atoms with Gasteiger partial charge < -0.3 is 24.1 Å². The van der Waals surface area contributed by atoms with E-state index < -0.39 is 12.1 Å². The highest BCUT2D eigenvalue weighted by Gasteiger charge is 2.31. The molecule has 0 fully saturated rings. The van der Waals surface area contributed by atoms with E-state index in [-0.39, 0.29) is 12.5 Å². The molecule has 28 heavy (non-hydrogen) atoms. The van der Waals surface area contributed by atoms with Gasteiger partial charge in [-0.3, -0.25) is 4.79 Å². The molecule has 144 valence electrons. The van der Waals surface area contributed by atoms with Crippen LogP contribution in [0.5, 0.6) is 17.2 Å². The lowest BCUT2D eigenvalue weighted by molar-refractivity contribution is -0.130. The predicted octanol–water partition coefficient (Wildman–Crippen LogP) is 2.47. The zero-order valence-corrected chi connectivity index (χ0v) is 15.7. The molecule has 1 aromatic heterocycles. The van der Waals surface area contributed by atoms with Crippen LogP contribution >= 0.6 is 0 Å². The Kier molecular flexibility index (Phi) is 4.89. The van der Waals surface area contributed by atoms with Crippen LogP contribution in [0, 0.1) is 0 Å². The van der Waals surface area contributed by atoms with Crippen molar-refractivity contribution in [3.05, 3.63) is 72.3 Å². The summed E-state index contributed by atoms with van der Waals surface area (Å²) in [4.78, 5) is 17.4. The van der Waals surface area contributed by atoms with E-state index in [1.165, 1.54) is 0 Å². The Morgan fingerprint density at radius 2 is 1.96 bits per heavy atom. The molecule has 3 aromatic rings. The Labute approximate surface area is 162 Å². The number of para-hydroxylation sites is 3. The number of nitrogens with one attached hydrogen (secondary N) is 1. The van der Waals surface area contributed by atoms with Crippen LogP contribution in [0.2, 0.25) is 0 Å². The molecule has 1 amide bonds. The standard InChI is InChI=1S/C21H21N3O4/c1-24-12-11-22-20(24)19(14-7-3-4-8-15(14)26-2)23-21(25)18-13-27-16-9-5-6-10-17(16)28-18/h3-12,18-19H,13H2,1-2H3,(H,23,25)/t18-,19-/m0/s1. The van der Waals surface area contributed by atoms with Gasteiger partial charge in [0.15, 0.2) is 11.5 Å². The molecular weight excluding hydrogens is 358 g/mol. The van der Waals surface area contributed by atoms with Crippen molar-refractivity contribution in [1.82, 2.24) is 14.9 Å². The summed E-state index contributed by atoms with van der Waals surface area (Å²) >= 11 is 0. The van der Waals surface area contributed by atoms with Gasteiger partial charge in [-0.25, -0.2) is 4.98 Å². The van der Waals surface area contributed by atoms with Crippen molar-refractivity contribution in [2.75, 3.05) is 13.7 Å². The second-order valence-electron chi connectivity index (χ2n) is 6.44. The zero-order valence-electron chi connectivity index (χ0n) is 15.7. The first kappa shape index (κ1) is 17.9. The smallest absolute Gasteiger partial charge is 0.265 e. The highest BCUT2D eigenvalue weighted by molar-refractivity contribution is 5.82. The van der Waals surface area contributed by atoms with E-state index in [1.54, 1.807) is 19.4 Å². The van der Waals surface area contributed by atoms with E-state index >= 15 is 0 Å². The maximum atomic E-state index is 13.0. The molecule has 0 radical (unpaired) electrons. The molecule has 0 unspecified atom stereocenters. The fourth-order valence-electron chi connectivity index (χ4n) is 3.23. The van der Waals surface area contributed by atoms with Crippen molar-refractivity contribution in [2.24, 2.45) is 7.05 Å². The number of aromatic nitrogens is 2. The lowest BCUT2D eigenvalue weighted by Crippen LogP contribution is -2.45. The third kappa shape index (κ3) is 3.38. The number of nitrogens with zero attached hydrogens (tertiary/aromatic N) is 2. The van der Waals surface area contributed by atoms with Crippen LogP contribution in [0.15, 0.2) is 60.9 Å². The molecule has 2 aromatic carbocycles. The van der Waals surface area contributed by atoms with E-state index in [4.69, 9.17) is 14.2 Å².